The van der Waals surface area contributed by atoms with Crippen LogP contribution in [0.3, 0.4) is 0 Å². The molecule has 0 bridgehead atoms. The Bertz CT molecular complexity index is 619. The topological polar surface area (TPSA) is 60.6 Å². The average Bonchev–Trinajstić information content (AvgIpc) is 2.62. The fourth-order valence-electron chi connectivity index (χ4n) is 2.75. The number of benzene rings is 1. The van der Waals surface area contributed by atoms with Crippen molar-refractivity contribution < 1.29 is 9.47 Å². The maximum absolute atomic E-state index is 6.05. The van der Waals surface area contributed by atoms with Crippen molar-refractivity contribution in [2.75, 3.05) is 33.9 Å². The number of rotatable bonds is 9. The van der Waals surface area contributed by atoms with Gasteiger partial charge in [-0.05, 0) is 55.8 Å². The lowest BCUT2D eigenvalue weighted by Gasteiger charge is -2.28. The lowest BCUT2D eigenvalue weighted by Crippen LogP contribution is -2.32. The van der Waals surface area contributed by atoms with Gasteiger partial charge in [0.05, 0.1) is 13.7 Å². The van der Waals surface area contributed by atoms with Gasteiger partial charge in [0.15, 0.2) is 11.5 Å². The Hall–Kier alpha value is -2.11. The second kappa shape index (κ2) is 9.25. The van der Waals surface area contributed by atoms with Gasteiger partial charge in [-0.25, -0.2) is 0 Å². The summed E-state index contributed by atoms with van der Waals surface area (Å²) in [6.45, 7) is 4.03. The number of nitrogens with two attached hydrogens (primary N) is 1. The first-order valence-corrected chi connectivity index (χ1v) is 8.29. The van der Waals surface area contributed by atoms with Crippen LogP contribution in [-0.4, -0.2) is 43.7 Å². The lowest BCUT2D eigenvalue weighted by atomic mass is 10.0. The molecule has 0 saturated carbocycles. The Morgan fingerprint density at radius 1 is 1.17 bits per heavy atom. The number of pyridine rings is 1. The molecule has 1 unspecified atom stereocenters. The summed E-state index contributed by atoms with van der Waals surface area (Å²) in [5.41, 5.74) is 8.46. The maximum Gasteiger partial charge on any atom is 0.161 e. The highest BCUT2D eigenvalue weighted by atomic mass is 16.5. The Balaban J connectivity index is 2.10. The summed E-state index contributed by atoms with van der Waals surface area (Å²) in [5, 5.41) is 0. The quantitative estimate of drug-likeness (QED) is 0.766. The predicted molar refractivity (Wildman–Crippen MR) is 96.5 cm³/mol. The van der Waals surface area contributed by atoms with E-state index < -0.39 is 0 Å². The van der Waals surface area contributed by atoms with Crippen LogP contribution in [0.15, 0.2) is 42.7 Å². The highest BCUT2D eigenvalue weighted by Crippen LogP contribution is 2.31. The summed E-state index contributed by atoms with van der Waals surface area (Å²) < 4.78 is 11.0. The molecule has 0 spiro atoms. The van der Waals surface area contributed by atoms with E-state index >= 15 is 0 Å². The number of methoxy groups -OCH3 is 1. The van der Waals surface area contributed by atoms with Gasteiger partial charge in [0.1, 0.15) is 0 Å². The Labute approximate surface area is 144 Å². The molecule has 5 heteroatoms. The number of nitrogens with zero attached hydrogens (tertiary/aromatic N) is 2. The van der Waals surface area contributed by atoms with E-state index in [4.69, 9.17) is 15.2 Å². The standard InChI is InChI=1S/C19H27N3O2/c1-4-24-19-13-16(5-6-18(19)23-3)17(14-20)22(2)12-9-15-7-10-21-11-8-15/h5-8,10-11,13,17H,4,9,12,14,20H2,1-3H3. The summed E-state index contributed by atoms with van der Waals surface area (Å²) in [6.07, 6.45) is 4.62. The van der Waals surface area contributed by atoms with Crippen LogP contribution in [0.1, 0.15) is 24.1 Å². The Morgan fingerprint density at radius 3 is 2.54 bits per heavy atom. The molecule has 0 saturated heterocycles. The van der Waals surface area contributed by atoms with Gasteiger partial charge in [0.2, 0.25) is 0 Å². The minimum Gasteiger partial charge on any atom is -0.493 e. The third-order valence-electron chi connectivity index (χ3n) is 4.13. The monoisotopic (exact) mass is 329 g/mol. The van der Waals surface area contributed by atoms with Gasteiger partial charge < -0.3 is 15.2 Å². The highest BCUT2D eigenvalue weighted by molar-refractivity contribution is 5.44. The Kier molecular flexibility index (Phi) is 7.03. The molecule has 130 valence electrons. The number of ether oxygens (including phenoxy) is 2. The molecule has 1 atom stereocenters. The van der Waals surface area contributed by atoms with Crippen LogP contribution in [-0.2, 0) is 6.42 Å². The van der Waals surface area contributed by atoms with Gasteiger partial charge in [0, 0.05) is 31.5 Å². The molecule has 2 aromatic rings. The third kappa shape index (κ3) is 4.69. The zero-order valence-electron chi connectivity index (χ0n) is 14.7. The molecule has 0 amide bonds. The van der Waals surface area contributed by atoms with Crippen LogP contribution in [0.5, 0.6) is 11.5 Å². The van der Waals surface area contributed by atoms with Crippen LogP contribution in [0.2, 0.25) is 0 Å². The fraction of sp³-hybridized carbons (Fsp3) is 0.421. The average molecular weight is 329 g/mol. The molecule has 1 aromatic heterocycles. The predicted octanol–water partition coefficient (Wildman–Crippen LogP) is 2.66. The molecule has 2 N–H and O–H groups in total. The number of likely N-dealkylation sites (N-methyl/N-ethyl adjacent to an activating group) is 1. The smallest absolute Gasteiger partial charge is 0.161 e. The van der Waals surface area contributed by atoms with Crippen LogP contribution in [0, 0.1) is 0 Å². The second-order valence-electron chi connectivity index (χ2n) is 5.68. The summed E-state index contributed by atoms with van der Waals surface area (Å²) in [6, 6.07) is 10.3. The first kappa shape index (κ1) is 18.2. The molecule has 0 aliphatic heterocycles. The van der Waals surface area contributed by atoms with Crippen LogP contribution >= 0.6 is 0 Å². The largest absolute Gasteiger partial charge is 0.493 e. The van der Waals surface area contributed by atoms with E-state index in [9.17, 15) is 0 Å². The van der Waals surface area contributed by atoms with Gasteiger partial charge in [-0.15, -0.1) is 0 Å². The van der Waals surface area contributed by atoms with E-state index in [2.05, 4.69) is 23.0 Å². The molecule has 1 heterocycles. The lowest BCUT2D eigenvalue weighted by molar-refractivity contribution is 0.251. The van der Waals surface area contributed by atoms with Crippen LogP contribution in [0.25, 0.3) is 0 Å². The summed E-state index contributed by atoms with van der Waals surface area (Å²) in [5.74, 6) is 1.51. The summed E-state index contributed by atoms with van der Waals surface area (Å²) in [7, 11) is 3.75. The van der Waals surface area contributed by atoms with E-state index in [1.54, 1.807) is 7.11 Å². The first-order chi connectivity index (χ1) is 11.7. The molecular formula is C19H27N3O2. The van der Waals surface area contributed by atoms with Crippen molar-refractivity contribution in [3.63, 3.8) is 0 Å². The minimum absolute atomic E-state index is 0.136. The van der Waals surface area contributed by atoms with E-state index in [-0.39, 0.29) is 6.04 Å². The number of hydrogen-bond donors (Lipinski definition) is 1. The maximum atomic E-state index is 6.05. The highest BCUT2D eigenvalue weighted by Gasteiger charge is 2.17. The molecule has 24 heavy (non-hydrogen) atoms. The zero-order valence-corrected chi connectivity index (χ0v) is 14.7. The van der Waals surface area contributed by atoms with Gasteiger partial charge in [0.25, 0.3) is 0 Å². The van der Waals surface area contributed by atoms with Crippen molar-refractivity contribution in [3.8, 4) is 11.5 Å². The van der Waals surface area contributed by atoms with Gasteiger partial charge in [-0.1, -0.05) is 6.07 Å². The SMILES string of the molecule is CCOc1cc(C(CN)N(C)CCc2ccncc2)ccc1OC. The van der Waals surface area contributed by atoms with Gasteiger partial charge in [-0.2, -0.15) is 0 Å². The molecular weight excluding hydrogens is 302 g/mol. The Morgan fingerprint density at radius 2 is 1.92 bits per heavy atom. The normalized spacial score (nSPS) is 12.2. The van der Waals surface area contributed by atoms with Crippen molar-refractivity contribution >= 4 is 0 Å². The van der Waals surface area contributed by atoms with E-state index in [0.29, 0.717) is 13.2 Å². The van der Waals surface area contributed by atoms with Crippen molar-refractivity contribution in [1.29, 1.82) is 0 Å². The van der Waals surface area contributed by atoms with E-state index in [1.165, 1.54) is 5.56 Å². The van der Waals surface area contributed by atoms with Crippen molar-refractivity contribution in [3.05, 3.63) is 53.9 Å². The first-order valence-electron chi connectivity index (χ1n) is 8.29. The fourth-order valence-corrected chi connectivity index (χ4v) is 2.75. The molecule has 0 aliphatic rings. The zero-order chi connectivity index (χ0) is 17.4. The van der Waals surface area contributed by atoms with Crippen molar-refractivity contribution in [1.82, 2.24) is 9.88 Å². The van der Waals surface area contributed by atoms with Crippen LogP contribution in [0.4, 0.5) is 0 Å². The number of aromatic nitrogens is 1. The number of hydrogen-bond acceptors (Lipinski definition) is 5. The summed E-state index contributed by atoms with van der Waals surface area (Å²) in [4.78, 5) is 6.33. The second-order valence-corrected chi connectivity index (χ2v) is 5.68. The molecule has 5 nitrogen and oxygen atoms in total. The van der Waals surface area contributed by atoms with Gasteiger partial charge in [-0.3, -0.25) is 9.88 Å². The third-order valence-corrected chi connectivity index (χ3v) is 4.13. The minimum atomic E-state index is 0.136. The van der Waals surface area contributed by atoms with Crippen LogP contribution < -0.4 is 15.2 Å². The molecule has 2 rings (SSSR count). The molecule has 0 radical (unpaired) electrons. The molecule has 0 aliphatic carbocycles. The van der Waals surface area contributed by atoms with E-state index in [0.717, 1.165) is 30.0 Å². The molecule has 0 fully saturated rings. The van der Waals surface area contributed by atoms with Crippen molar-refractivity contribution in [2.24, 2.45) is 5.73 Å². The van der Waals surface area contributed by atoms with E-state index in [1.807, 2.05) is 43.6 Å². The summed E-state index contributed by atoms with van der Waals surface area (Å²) >= 11 is 0. The van der Waals surface area contributed by atoms with Crippen molar-refractivity contribution in [2.45, 2.75) is 19.4 Å². The molecule has 1 aromatic carbocycles. The van der Waals surface area contributed by atoms with Gasteiger partial charge >= 0.3 is 0 Å².